The molecule has 4 aromatic rings. The second-order valence-corrected chi connectivity index (χ2v) is 10.2. The Morgan fingerprint density at radius 3 is 1.62 bits per heavy atom. The average Bonchev–Trinajstić information content (AvgIpc) is 2.94. The summed E-state index contributed by atoms with van der Waals surface area (Å²) in [5.74, 6) is -0.529. The van der Waals surface area contributed by atoms with Gasteiger partial charge in [-0.25, -0.2) is 10.9 Å². The van der Waals surface area contributed by atoms with Crippen molar-refractivity contribution in [2.24, 2.45) is 10.2 Å². The molecule has 0 heterocycles. The van der Waals surface area contributed by atoms with E-state index in [4.69, 9.17) is 11.6 Å². The number of hydrazone groups is 2. The fraction of sp³-hybridized carbons (Fsp3) is 0.125. The quantitative estimate of drug-likeness (QED) is 0.123. The molecule has 5 N–H and O–H groups in total. The third-order valence-corrected chi connectivity index (χ3v) is 6.69. The Bertz CT molecular complexity index is 1690. The number of phenols is 2. The van der Waals surface area contributed by atoms with Crippen molar-refractivity contribution in [3.05, 3.63) is 116 Å². The van der Waals surface area contributed by atoms with Gasteiger partial charge in [0, 0.05) is 5.02 Å². The van der Waals surface area contributed by atoms with Crippen LogP contribution in [0.5, 0.6) is 11.5 Å². The van der Waals surface area contributed by atoms with Crippen molar-refractivity contribution < 1.29 is 19.8 Å². The Labute approximate surface area is 248 Å². The third-order valence-electron chi connectivity index (χ3n) is 6.45. The Hall–Kier alpha value is -5.15. The number of halogens is 1. The minimum Gasteiger partial charge on any atom is -0.507 e. The fourth-order valence-electron chi connectivity index (χ4n) is 4.33. The molecule has 10 heteroatoms. The number of benzene rings is 4. The maximum Gasteiger partial charge on any atom is 0.273 e. The summed E-state index contributed by atoms with van der Waals surface area (Å²) in [5.41, 5.74) is 10.6. The predicted molar refractivity (Wildman–Crippen MR) is 166 cm³/mol. The lowest BCUT2D eigenvalue weighted by Gasteiger charge is -2.14. The summed E-state index contributed by atoms with van der Waals surface area (Å²) in [4.78, 5) is 26.1. The molecule has 4 aromatic carbocycles. The largest absolute Gasteiger partial charge is 0.507 e. The van der Waals surface area contributed by atoms with Gasteiger partial charge in [0.05, 0.1) is 34.9 Å². The second kappa shape index (κ2) is 13.0. The molecular formula is C32H30ClN5O4. The first kappa shape index (κ1) is 29.8. The van der Waals surface area contributed by atoms with E-state index >= 15 is 0 Å². The fourth-order valence-corrected chi connectivity index (χ4v) is 4.50. The highest BCUT2D eigenvalue weighted by molar-refractivity contribution is 6.31. The Morgan fingerprint density at radius 1 is 0.667 bits per heavy atom. The van der Waals surface area contributed by atoms with Gasteiger partial charge in [-0.15, -0.1) is 0 Å². The van der Waals surface area contributed by atoms with Crippen molar-refractivity contribution in [3.63, 3.8) is 0 Å². The molecule has 0 bridgehead atoms. The number of phenolic OH excluding ortho intramolecular Hbond substituents is 2. The maximum atomic E-state index is 13.0. The lowest BCUT2D eigenvalue weighted by atomic mass is 10.1. The summed E-state index contributed by atoms with van der Waals surface area (Å²) in [5, 5.41) is 31.6. The van der Waals surface area contributed by atoms with Crippen LogP contribution >= 0.6 is 11.6 Å². The van der Waals surface area contributed by atoms with Crippen LogP contribution in [0.3, 0.4) is 0 Å². The summed E-state index contributed by atoms with van der Waals surface area (Å²) in [6.07, 6.45) is 2.98. The van der Waals surface area contributed by atoms with Gasteiger partial charge >= 0.3 is 0 Å². The molecule has 0 aliphatic heterocycles. The number of carbonyl (C=O) groups excluding carboxylic acids is 2. The third kappa shape index (κ3) is 7.13. The van der Waals surface area contributed by atoms with Crippen LogP contribution in [0.25, 0.3) is 0 Å². The maximum absolute atomic E-state index is 13.0. The molecule has 2 amide bonds. The molecule has 0 unspecified atom stereocenters. The van der Waals surface area contributed by atoms with Gasteiger partial charge in [0.25, 0.3) is 11.8 Å². The lowest BCUT2D eigenvalue weighted by molar-refractivity contribution is 0.0948. The predicted octanol–water partition coefficient (Wildman–Crippen LogP) is 6.26. The van der Waals surface area contributed by atoms with Gasteiger partial charge in [-0.2, -0.15) is 10.2 Å². The first-order valence-corrected chi connectivity index (χ1v) is 13.3. The zero-order valence-electron chi connectivity index (χ0n) is 23.5. The molecule has 0 aliphatic carbocycles. The number of hydrogen-bond donors (Lipinski definition) is 5. The highest BCUT2D eigenvalue weighted by Crippen LogP contribution is 2.27. The number of aryl methyl sites for hydroxylation is 4. The minimum absolute atomic E-state index is 0.219. The Kier molecular flexibility index (Phi) is 9.24. The smallest absolute Gasteiger partial charge is 0.273 e. The first-order valence-electron chi connectivity index (χ1n) is 13.0. The number of hydrogen-bond acceptors (Lipinski definition) is 7. The number of aromatic hydroxyl groups is 2. The summed E-state index contributed by atoms with van der Waals surface area (Å²) in [7, 11) is 0. The molecule has 0 atom stereocenters. The number of nitrogens with one attached hydrogen (secondary N) is 3. The molecule has 9 nitrogen and oxygen atoms in total. The van der Waals surface area contributed by atoms with Crippen molar-refractivity contribution in [1.29, 1.82) is 0 Å². The molecule has 0 aromatic heterocycles. The van der Waals surface area contributed by atoms with Crippen LogP contribution in [0.2, 0.25) is 5.02 Å². The van der Waals surface area contributed by atoms with Crippen LogP contribution in [-0.2, 0) is 0 Å². The molecule has 0 radical (unpaired) electrons. The number of carbonyl (C=O) groups is 2. The molecule has 0 saturated carbocycles. The number of nitrogens with zero attached hydrogens (tertiary/aromatic N) is 2. The van der Waals surface area contributed by atoms with Crippen molar-refractivity contribution in [2.75, 3.05) is 5.32 Å². The Morgan fingerprint density at radius 2 is 1.12 bits per heavy atom. The van der Waals surface area contributed by atoms with Gasteiger partial charge in [0.1, 0.15) is 11.5 Å². The second-order valence-electron chi connectivity index (χ2n) is 9.77. The molecule has 0 aliphatic rings. The Balaban J connectivity index is 1.51. The molecule has 0 saturated heterocycles. The number of amides is 2. The van der Waals surface area contributed by atoms with E-state index in [1.807, 2.05) is 0 Å². The van der Waals surface area contributed by atoms with E-state index in [1.165, 1.54) is 12.4 Å². The molecule has 0 spiro atoms. The molecule has 214 valence electrons. The van der Waals surface area contributed by atoms with Crippen LogP contribution < -0.4 is 16.2 Å². The molecule has 4 rings (SSSR count). The SMILES string of the molecule is Cc1cc(/C=N/NC(=O)c2ccccc2Nc2cc(Cl)ccc2C(=O)N/N=C/c2cc(C)c(O)c(C)c2)cc(C)c1O. The topological polar surface area (TPSA) is 135 Å². The van der Waals surface area contributed by atoms with Gasteiger partial charge in [-0.05, 0) is 116 Å². The molecule has 42 heavy (non-hydrogen) atoms. The van der Waals surface area contributed by atoms with E-state index in [9.17, 15) is 19.8 Å². The highest BCUT2D eigenvalue weighted by Gasteiger charge is 2.16. The molecular weight excluding hydrogens is 554 g/mol. The first-order chi connectivity index (χ1) is 20.0. The van der Waals surface area contributed by atoms with Crippen LogP contribution in [0.15, 0.2) is 76.9 Å². The zero-order valence-corrected chi connectivity index (χ0v) is 24.2. The lowest BCUT2D eigenvalue weighted by Crippen LogP contribution is -2.20. The highest BCUT2D eigenvalue weighted by atomic mass is 35.5. The summed E-state index contributed by atoms with van der Waals surface area (Å²) in [6, 6.07) is 18.5. The van der Waals surface area contributed by atoms with Crippen LogP contribution in [0.4, 0.5) is 11.4 Å². The number of rotatable bonds is 8. The molecule has 0 fully saturated rings. The monoisotopic (exact) mass is 583 g/mol. The van der Waals surface area contributed by atoms with Crippen LogP contribution in [-0.4, -0.2) is 34.5 Å². The minimum atomic E-state index is -0.497. The van der Waals surface area contributed by atoms with Gasteiger partial charge in [0.2, 0.25) is 0 Å². The standard InChI is InChI=1S/C32H30ClN5O4/c1-18-11-22(12-19(2)29(18)39)16-34-37-31(41)25-7-5-6-8-27(25)36-28-15-24(33)9-10-26(28)32(42)38-35-17-23-13-20(3)30(40)21(4)14-23/h5-17,36,39-40H,1-4H3,(H,37,41)(H,38,42)/b34-16+,35-17+. The summed E-state index contributed by atoms with van der Waals surface area (Å²) >= 11 is 6.24. The van der Waals surface area contributed by atoms with Gasteiger partial charge in [0.15, 0.2) is 0 Å². The van der Waals surface area contributed by atoms with Gasteiger partial charge < -0.3 is 15.5 Å². The van der Waals surface area contributed by atoms with Crippen molar-refractivity contribution in [2.45, 2.75) is 27.7 Å². The average molecular weight is 584 g/mol. The summed E-state index contributed by atoms with van der Waals surface area (Å²) in [6.45, 7) is 7.14. The van der Waals surface area contributed by atoms with E-state index in [-0.39, 0.29) is 22.6 Å². The van der Waals surface area contributed by atoms with Crippen LogP contribution in [0.1, 0.15) is 54.1 Å². The van der Waals surface area contributed by atoms with Crippen molar-refractivity contribution in [3.8, 4) is 11.5 Å². The van der Waals surface area contributed by atoms with Gasteiger partial charge in [-0.1, -0.05) is 23.7 Å². The van der Waals surface area contributed by atoms with E-state index in [0.717, 1.165) is 11.1 Å². The van der Waals surface area contributed by atoms with Crippen LogP contribution in [0, 0.1) is 27.7 Å². The van der Waals surface area contributed by atoms with E-state index in [2.05, 4.69) is 26.4 Å². The number of para-hydroxylation sites is 1. The van der Waals surface area contributed by atoms with E-state index in [0.29, 0.717) is 38.7 Å². The summed E-state index contributed by atoms with van der Waals surface area (Å²) < 4.78 is 0. The van der Waals surface area contributed by atoms with E-state index < -0.39 is 11.8 Å². The van der Waals surface area contributed by atoms with Crippen molar-refractivity contribution in [1.82, 2.24) is 10.9 Å². The van der Waals surface area contributed by atoms with Crippen molar-refractivity contribution >= 4 is 47.2 Å². The van der Waals surface area contributed by atoms with Gasteiger partial charge in [-0.3, -0.25) is 9.59 Å². The number of anilines is 2. The normalized spacial score (nSPS) is 11.2. The van der Waals surface area contributed by atoms with E-state index in [1.54, 1.807) is 94.4 Å². The zero-order chi connectivity index (χ0) is 30.4.